The molecule has 2 fully saturated rings. The van der Waals surface area contributed by atoms with Crippen LogP contribution in [-0.4, -0.2) is 60.7 Å². The summed E-state index contributed by atoms with van der Waals surface area (Å²) >= 11 is 3.38. The molecular formula is C21H25N3O3S2. The SMILES string of the molecule is O=C(CN1CCC(C2OCCO2)CC1)N1N=C(c2cccs2)CC1c1cccs1. The minimum Gasteiger partial charge on any atom is -0.350 e. The molecule has 0 saturated carbocycles. The number of likely N-dealkylation sites (tertiary alicyclic amines) is 1. The topological polar surface area (TPSA) is 54.4 Å². The number of carbonyl (C=O) groups excluding carboxylic acids is 1. The molecule has 3 aliphatic heterocycles. The van der Waals surface area contributed by atoms with E-state index in [-0.39, 0.29) is 18.2 Å². The number of ether oxygens (including phenoxy) is 2. The molecule has 1 amide bonds. The second-order valence-corrected chi connectivity index (χ2v) is 9.65. The summed E-state index contributed by atoms with van der Waals surface area (Å²) < 4.78 is 11.3. The van der Waals surface area contributed by atoms with Gasteiger partial charge in [-0.2, -0.15) is 5.10 Å². The number of thiophene rings is 2. The number of rotatable bonds is 5. The van der Waals surface area contributed by atoms with Gasteiger partial charge in [-0.3, -0.25) is 9.69 Å². The highest BCUT2D eigenvalue weighted by Gasteiger charge is 2.36. The number of hydrogen-bond donors (Lipinski definition) is 0. The van der Waals surface area contributed by atoms with Crippen LogP contribution in [0.2, 0.25) is 0 Å². The largest absolute Gasteiger partial charge is 0.350 e. The molecule has 1 atom stereocenters. The van der Waals surface area contributed by atoms with Crippen molar-refractivity contribution in [1.82, 2.24) is 9.91 Å². The van der Waals surface area contributed by atoms with Gasteiger partial charge in [0.2, 0.25) is 0 Å². The zero-order valence-corrected chi connectivity index (χ0v) is 17.9. The normalized spacial score (nSPS) is 24.3. The average Bonchev–Trinajstić information content (AvgIpc) is 3.55. The molecule has 2 aromatic heterocycles. The van der Waals surface area contributed by atoms with Crippen molar-refractivity contribution in [1.29, 1.82) is 0 Å². The smallest absolute Gasteiger partial charge is 0.257 e. The van der Waals surface area contributed by atoms with Gasteiger partial charge in [-0.05, 0) is 48.8 Å². The Hall–Kier alpha value is -1.58. The van der Waals surface area contributed by atoms with E-state index < -0.39 is 0 Å². The molecule has 0 N–H and O–H groups in total. The van der Waals surface area contributed by atoms with Crippen LogP contribution in [0.1, 0.15) is 35.1 Å². The van der Waals surface area contributed by atoms with Gasteiger partial charge in [0.15, 0.2) is 6.29 Å². The maximum Gasteiger partial charge on any atom is 0.257 e. The molecule has 1 unspecified atom stereocenters. The summed E-state index contributed by atoms with van der Waals surface area (Å²) in [4.78, 5) is 17.8. The van der Waals surface area contributed by atoms with Crippen LogP contribution in [0.3, 0.4) is 0 Å². The molecule has 0 aromatic carbocycles. The summed E-state index contributed by atoms with van der Waals surface area (Å²) in [6, 6.07) is 8.28. The number of hydrazone groups is 1. The monoisotopic (exact) mass is 431 g/mol. The van der Waals surface area contributed by atoms with Crippen molar-refractivity contribution in [2.75, 3.05) is 32.8 Å². The van der Waals surface area contributed by atoms with E-state index in [9.17, 15) is 4.79 Å². The third-order valence-corrected chi connectivity index (χ3v) is 7.76. The van der Waals surface area contributed by atoms with Crippen molar-refractivity contribution in [2.24, 2.45) is 11.0 Å². The van der Waals surface area contributed by atoms with Crippen molar-refractivity contribution in [2.45, 2.75) is 31.6 Å². The van der Waals surface area contributed by atoms with E-state index in [1.165, 1.54) is 4.88 Å². The molecule has 3 aliphatic rings. The molecular weight excluding hydrogens is 406 g/mol. The predicted octanol–water partition coefficient (Wildman–Crippen LogP) is 3.57. The van der Waals surface area contributed by atoms with Gasteiger partial charge in [-0.25, -0.2) is 5.01 Å². The highest BCUT2D eigenvalue weighted by Crippen LogP contribution is 2.36. The van der Waals surface area contributed by atoms with Gasteiger partial charge >= 0.3 is 0 Å². The third kappa shape index (κ3) is 4.18. The lowest BCUT2D eigenvalue weighted by Gasteiger charge is -2.34. The molecule has 6 nitrogen and oxygen atoms in total. The van der Waals surface area contributed by atoms with E-state index in [0.717, 1.165) is 42.9 Å². The van der Waals surface area contributed by atoms with E-state index in [4.69, 9.17) is 14.6 Å². The quantitative estimate of drug-likeness (QED) is 0.726. The summed E-state index contributed by atoms with van der Waals surface area (Å²) in [5.74, 6) is 0.528. The highest BCUT2D eigenvalue weighted by atomic mass is 32.1. The summed E-state index contributed by atoms with van der Waals surface area (Å²) in [6.45, 7) is 3.62. The van der Waals surface area contributed by atoms with E-state index in [1.807, 2.05) is 12.1 Å². The number of amides is 1. The Labute approximate surface area is 178 Å². The fourth-order valence-electron chi connectivity index (χ4n) is 4.33. The first kappa shape index (κ1) is 19.4. The Bertz CT molecular complexity index is 839. The first-order valence-electron chi connectivity index (χ1n) is 10.2. The lowest BCUT2D eigenvalue weighted by molar-refractivity contribution is -0.135. The van der Waals surface area contributed by atoms with Gasteiger partial charge in [0.1, 0.15) is 0 Å². The Morgan fingerprint density at radius 2 is 1.86 bits per heavy atom. The lowest BCUT2D eigenvalue weighted by Crippen LogP contribution is -2.43. The van der Waals surface area contributed by atoms with E-state index in [1.54, 1.807) is 27.7 Å². The minimum absolute atomic E-state index is 0.0115. The molecule has 0 radical (unpaired) electrons. The third-order valence-electron chi connectivity index (χ3n) is 5.87. The highest BCUT2D eigenvalue weighted by molar-refractivity contribution is 7.12. The molecule has 5 rings (SSSR count). The lowest BCUT2D eigenvalue weighted by atomic mass is 9.96. The van der Waals surface area contributed by atoms with Crippen LogP contribution in [0.15, 0.2) is 40.1 Å². The van der Waals surface area contributed by atoms with Crippen molar-refractivity contribution in [3.05, 3.63) is 44.8 Å². The first-order valence-corrected chi connectivity index (χ1v) is 12.0. The summed E-state index contributed by atoms with van der Waals surface area (Å²) in [5.41, 5.74) is 1.01. The standard InChI is InChI=1S/C21H25N3O3S2/c25-20(14-23-7-5-15(6-8-23)21-26-9-10-27-21)24-17(19-4-2-12-29-19)13-16(22-24)18-3-1-11-28-18/h1-4,11-12,15,17,21H,5-10,13-14H2. The average molecular weight is 432 g/mol. The van der Waals surface area contributed by atoms with Gasteiger partial charge in [0.05, 0.1) is 36.4 Å². The first-order chi connectivity index (χ1) is 14.3. The van der Waals surface area contributed by atoms with Crippen LogP contribution in [0.25, 0.3) is 0 Å². The Kier molecular flexibility index (Phi) is 5.78. The zero-order valence-electron chi connectivity index (χ0n) is 16.2. The maximum atomic E-state index is 13.2. The number of hydrogen-bond acceptors (Lipinski definition) is 7. The molecule has 5 heterocycles. The fourth-order valence-corrected chi connectivity index (χ4v) is 5.86. The second-order valence-electron chi connectivity index (χ2n) is 7.72. The molecule has 0 aliphatic carbocycles. The van der Waals surface area contributed by atoms with Gasteiger partial charge in [-0.1, -0.05) is 12.1 Å². The van der Waals surface area contributed by atoms with Gasteiger partial charge in [0, 0.05) is 17.2 Å². The molecule has 0 spiro atoms. The molecule has 2 aromatic rings. The number of nitrogens with zero attached hydrogens (tertiary/aromatic N) is 3. The van der Waals surface area contributed by atoms with Crippen molar-refractivity contribution in [3.8, 4) is 0 Å². The Morgan fingerprint density at radius 1 is 1.10 bits per heavy atom. The van der Waals surface area contributed by atoms with E-state index in [0.29, 0.717) is 25.7 Å². The minimum atomic E-state index is -0.0485. The maximum absolute atomic E-state index is 13.2. The van der Waals surface area contributed by atoms with Gasteiger partial charge in [0.25, 0.3) is 5.91 Å². The molecule has 154 valence electrons. The van der Waals surface area contributed by atoms with Gasteiger partial charge < -0.3 is 9.47 Å². The van der Waals surface area contributed by atoms with E-state index >= 15 is 0 Å². The van der Waals surface area contributed by atoms with E-state index in [2.05, 4.69) is 27.8 Å². The summed E-state index contributed by atoms with van der Waals surface area (Å²) in [5, 5.41) is 10.6. The summed E-state index contributed by atoms with van der Waals surface area (Å²) in [7, 11) is 0. The molecule has 8 heteroatoms. The van der Waals surface area contributed by atoms with Crippen LogP contribution in [-0.2, 0) is 14.3 Å². The van der Waals surface area contributed by atoms with Crippen molar-refractivity contribution < 1.29 is 14.3 Å². The second kappa shape index (κ2) is 8.65. The van der Waals surface area contributed by atoms with Gasteiger partial charge in [-0.15, -0.1) is 22.7 Å². The van der Waals surface area contributed by atoms with Crippen LogP contribution in [0.5, 0.6) is 0 Å². The van der Waals surface area contributed by atoms with Crippen LogP contribution >= 0.6 is 22.7 Å². The summed E-state index contributed by atoms with van der Waals surface area (Å²) in [6.07, 6.45) is 2.75. The van der Waals surface area contributed by atoms with Crippen LogP contribution in [0, 0.1) is 5.92 Å². The number of piperidine rings is 1. The molecule has 2 saturated heterocycles. The van der Waals surface area contributed by atoms with Crippen LogP contribution < -0.4 is 0 Å². The molecule has 29 heavy (non-hydrogen) atoms. The predicted molar refractivity (Wildman–Crippen MR) is 114 cm³/mol. The fraction of sp³-hybridized carbons (Fsp3) is 0.524. The Balaban J connectivity index is 1.24. The zero-order chi connectivity index (χ0) is 19.6. The van der Waals surface area contributed by atoms with Crippen LogP contribution in [0.4, 0.5) is 0 Å². The molecule has 0 bridgehead atoms. The van der Waals surface area contributed by atoms with Crippen molar-refractivity contribution >= 4 is 34.3 Å². The Morgan fingerprint density at radius 3 is 2.55 bits per heavy atom. The van der Waals surface area contributed by atoms with Crippen molar-refractivity contribution in [3.63, 3.8) is 0 Å². The number of carbonyl (C=O) groups is 1.